The molecule has 0 saturated heterocycles. The molecule has 1 N–H and O–H groups in total. The summed E-state index contributed by atoms with van der Waals surface area (Å²) in [6, 6.07) is 8.29. The van der Waals surface area contributed by atoms with Crippen LogP contribution in [0.2, 0.25) is 0 Å². The van der Waals surface area contributed by atoms with Crippen LogP contribution < -0.4 is 5.32 Å². The molecule has 0 aliphatic heterocycles. The summed E-state index contributed by atoms with van der Waals surface area (Å²) >= 11 is 0. The molecule has 1 aromatic carbocycles. The van der Waals surface area contributed by atoms with Gasteiger partial charge in [-0.05, 0) is 26.0 Å². The number of aryl methyl sites for hydroxylation is 1. The highest BCUT2D eigenvalue weighted by molar-refractivity contribution is 5.45. The number of anilines is 1. The van der Waals surface area contributed by atoms with Crippen LogP contribution in [0.1, 0.15) is 12.5 Å². The average molecular weight is 159 g/mol. The highest BCUT2D eigenvalue weighted by Gasteiger charge is 1.87. The Hall–Kier alpha value is -1.42. The second-order valence-corrected chi connectivity index (χ2v) is 2.65. The quantitative estimate of drug-likeness (QED) is 0.653. The maximum Gasteiger partial charge on any atom is 0.0765 e. The maximum absolute atomic E-state index is 3.20. The third-order valence-electron chi connectivity index (χ3n) is 1.61. The van der Waals surface area contributed by atoms with Gasteiger partial charge in [0.1, 0.15) is 0 Å². The van der Waals surface area contributed by atoms with Crippen LogP contribution in [-0.2, 0) is 0 Å². The van der Waals surface area contributed by atoms with Crippen molar-refractivity contribution in [1.82, 2.24) is 0 Å². The molecule has 0 amide bonds. The molecule has 1 aromatic rings. The zero-order valence-corrected chi connectivity index (χ0v) is 7.52. The van der Waals surface area contributed by atoms with Crippen molar-refractivity contribution in [2.45, 2.75) is 13.8 Å². The second-order valence-electron chi connectivity index (χ2n) is 2.65. The van der Waals surface area contributed by atoms with Crippen molar-refractivity contribution in [3.63, 3.8) is 0 Å². The van der Waals surface area contributed by atoms with Crippen molar-refractivity contribution in [1.29, 1.82) is 0 Å². The van der Waals surface area contributed by atoms with Gasteiger partial charge >= 0.3 is 0 Å². The van der Waals surface area contributed by atoms with Gasteiger partial charge in [0.05, 0.1) is 6.54 Å². The van der Waals surface area contributed by atoms with Crippen molar-refractivity contribution in [2.24, 2.45) is 0 Å². The average Bonchev–Trinajstić information content (AvgIpc) is 2.09. The first-order valence-electron chi connectivity index (χ1n) is 4.03. The van der Waals surface area contributed by atoms with Crippen molar-refractivity contribution >= 4 is 5.69 Å². The van der Waals surface area contributed by atoms with Crippen LogP contribution in [0.15, 0.2) is 24.3 Å². The van der Waals surface area contributed by atoms with E-state index >= 15 is 0 Å². The largest absolute Gasteiger partial charge is 0.374 e. The summed E-state index contributed by atoms with van der Waals surface area (Å²) in [5, 5.41) is 3.20. The summed E-state index contributed by atoms with van der Waals surface area (Å²) in [4.78, 5) is 0. The van der Waals surface area contributed by atoms with Crippen LogP contribution in [0, 0.1) is 18.8 Å². The number of benzene rings is 1. The SMILES string of the molecule is CC#CCNc1ccc(C)cc1. The molecule has 1 heteroatoms. The molecular formula is C11H13N. The van der Waals surface area contributed by atoms with Crippen molar-refractivity contribution < 1.29 is 0 Å². The number of hydrogen-bond donors (Lipinski definition) is 1. The Morgan fingerprint density at radius 2 is 1.92 bits per heavy atom. The van der Waals surface area contributed by atoms with E-state index in [1.165, 1.54) is 5.56 Å². The van der Waals surface area contributed by atoms with Crippen molar-refractivity contribution in [3.8, 4) is 11.8 Å². The Morgan fingerprint density at radius 3 is 2.50 bits per heavy atom. The monoisotopic (exact) mass is 159 g/mol. The molecule has 0 spiro atoms. The summed E-state index contributed by atoms with van der Waals surface area (Å²) in [6.45, 7) is 4.64. The van der Waals surface area contributed by atoms with E-state index in [4.69, 9.17) is 0 Å². The van der Waals surface area contributed by atoms with Crippen LogP contribution in [-0.4, -0.2) is 6.54 Å². The minimum absolute atomic E-state index is 0.722. The van der Waals surface area contributed by atoms with Gasteiger partial charge in [-0.15, -0.1) is 5.92 Å². The van der Waals surface area contributed by atoms with Gasteiger partial charge in [0, 0.05) is 5.69 Å². The van der Waals surface area contributed by atoms with Gasteiger partial charge in [-0.2, -0.15) is 0 Å². The van der Waals surface area contributed by atoms with Gasteiger partial charge < -0.3 is 5.32 Å². The van der Waals surface area contributed by atoms with Gasteiger partial charge in [0.2, 0.25) is 0 Å². The summed E-state index contributed by atoms with van der Waals surface area (Å²) in [6.07, 6.45) is 0. The summed E-state index contributed by atoms with van der Waals surface area (Å²) in [5.74, 6) is 5.79. The van der Waals surface area contributed by atoms with Crippen LogP contribution in [0.25, 0.3) is 0 Å². The van der Waals surface area contributed by atoms with E-state index in [9.17, 15) is 0 Å². The number of nitrogens with one attached hydrogen (secondary N) is 1. The van der Waals surface area contributed by atoms with E-state index in [1.807, 2.05) is 6.92 Å². The topological polar surface area (TPSA) is 12.0 Å². The number of hydrogen-bond acceptors (Lipinski definition) is 1. The van der Waals surface area contributed by atoms with Crippen molar-refractivity contribution in [3.05, 3.63) is 29.8 Å². The lowest BCUT2D eigenvalue weighted by molar-refractivity contribution is 1.36. The summed E-state index contributed by atoms with van der Waals surface area (Å²) in [5.41, 5.74) is 2.41. The molecule has 0 atom stereocenters. The Bertz CT molecular complexity index is 287. The van der Waals surface area contributed by atoms with Crippen LogP contribution in [0.5, 0.6) is 0 Å². The Balaban J connectivity index is 2.51. The molecule has 62 valence electrons. The molecule has 0 aliphatic carbocycles. The fourth-order valence-corrected chi connectivity index (χ4v) is 0.906. The van der Waals surface area contributed by atoms with Gasteiger partial charge in [-0.1, -0.05) is 23.6 Å². The molecule has 0 bridgehead atoms. The zero-order chi connectivity index (χ0) is 8.81. The lowest BCUT2D eigenvalue weighted by Gasteiger charge is -2.01. The predicted octanol–water partition coefficient (Wildman–Crippen LogP) is 2.43. The van der Waals surface area contributed by atoms with E-state index in [0.717, 1.165) is 12.2 Å². The summed E-state index contributed by atoms with van der Waals surface area (Å²) < 4.78 is 0. The first-order valence-corrected chi connectivity index (χ1v) is 4.03. The van der Waals surface area contributed by atoms with E-state index < -0.39 is 0 Å². The molecule has 0 aromatic heterocycles. The molecule has 0 aliphatic rings. The van der Waals surface area contributed by atoms with Gasteiger partial charge in [-0.3, -0.25) is 0 Å². The number of rotatable bonds is 2. The van der Waals surface area contributed by atoms with E-state index in [2.05, 4.69) is 48.3 Å². The second kappa shape index (κ2) is 4.46. The minimum Gasteiger partial charge on any atom is -0.374 e. The molecule has 12 heavy (non-hydrogen) atoms. The first-order chi connectivity index (χ1) is 5.83. The third kappa shape index (κ3) is 2.67. The van der Waals surface area contributed by atoms with Gasteiger partial charge in [0.15, 0.2) is 0 Å². The molecular weight excluding hydrogens is 146 g/mol. The Morgan fingerprint density at radius 1 is 1.25 bits per heavy atom. The molecule has 0 fully saturated rings. The van der Waals surface area contributed by atoms with Gasteiger partial charge in [-0.25, -0.2) is 0 Å². The minimum atomic E-state index is 0.722. The maximum atomic E-state index is 3.20. The Kier molecular flexibility index (Phi) is 3.22. The highest BCUT2D eigenvalue weighted by Crippen LogP contribution is 2.07. The smallest absolute Gasteiger partial charge is 0.0765 e. The predicted molar refractivity (Wildman–Crippen MR) is 53.1 cm³/mol. The molecule has 0 saturated carbocycles. The lowest BCUT2D eigenvalue weighted by Crippen LogP contribution is -1.97. The Labute approximate surface area is 73.8 Å². The van der Waals surface area contributed by atoms with Crippen LogP contribution >= 0.6 is 0 Å². The molecule has 1 nitrogen and oxygen atoms in total. The lowest BCUT2D eigenvalue weighted by atomic mass is 10.2. The molecule has 0 heterocycles. The highest BCUT2D eigenvalue weighted by atomic mass is 14.8. The fourth-order valence-electron chi connectivity index (χ4n) is 0.906. The fraction of sp³-hybridized carbons (Fsp3) is 0.273. The van der Waals surface area contributed by atoms with Crippen LogP contribution in [0.3, 0.4) is 0 Å². The normalized spacial score (nSPS) is 8.50. The van der Waals surface area contributed by atoms with Crippen molar-refractivity contribution in [2.75, 3.05) is 11.9 Å². The summed E-state index contributed by atoms with van der Waals surface area (Å²) in [7, 11) is 0. The zero-order valence-electron chi connectivity index (χ0n) is 7.52. The molecule has 0 unspecified atom stereocenters. The van der Waals surface area contributed by atoms with Gasteiger partial charge in [0.25, 0.3) is 0 Å². The first kappa shape index (κ1) is 8.67. The van der Waals surface area contributed by atoms with Crippen LogP contribution in [0.4, 0.5) is 5.69 Å². The standard InChI is InChI=1S/C11H13N/c1-3-4-9-12-11-7-5-10(2)6-8-11/h5-8,12H,9H2,1-2H3. The molecule has 0 radical (unpaired) electrons. The van der Waals surface area contributed by atoms with E-state index in [0.29, 0.717) is 0 Å². The molecule has 1 rings (SSSR count). The van der Waals surface area contributed by atoms with E-state index in [-0.39, 0.29) is 0 Å². The van der Waals surface area contributed by atoms with E-state index in [1.54, 1.807) is 0 Å². The third-order valence-corrected chi connectivity index (χ3v) is 1.61.